The highest BCUT2D eigenvalue weighted by Crippen LogP contribution is 2.25. The maximum Gasteiger partial charge on any atom is 0.0463 e. The van der Waals surface area contributed by atoms with Crippen LogP contribution in [0.5, 0.6) is 0 Å². The number of H-pyrrole nitrogens is 1. The monoisotopic (exact) mass is 196 g/mol. The van der Waals surface area contributed by atoms with Gasteiger partial charge in [-0.05, 0) is 37.4 Å². The third-order valence-electron chi connectivity index (χ3n) is 2.78. The van der Waals surface area contributed by atoms with Crippen LogP contribution in [-0.2, 0) is 0 Å². The number of fused-ring (bicyclic) bond motifs is 3. The molecule has 0 radical (unpaired) electrons. The number of pyridine rings is 1. The molecule has 1 aromatic carbocycles. The van der Waals surface area contributed by atoms with Gasteiger partial charge in [-0.15, -0.1) is 0 Å². The summed E-state index contributed by atoms with van der Waals surface area (Å²) in [5, 5.41) is 3.74. The van der Waals surface area contributed by atoms with Crippen LogP contribution in [0.1, 0.15) is 11.4 Å². The zero-order valence-corrected chi connectivity index (χ0v) is 8.83. The molecular weight excluding hydrogens is 184 g/mol. The molecular formula is C13H12N2. The maximum atomic E-state index is 4.35. The molecule has 2 nitrogen and oxygen atoms in total. The van der Waals surface area contributed by atoms with E-state index in [1.807, 2.05) is 13.1 Å². The molecule has 3 rings (SSSR count). The van der Waals surface area contributed by atoms with Gasteiger partial charge in [0.15, 0.2) is 0 Å². The van der Waals surface area contributed by atoms with Gasteiger partial charge >= 0.3 is 0 Å². The number of nitrogens with one attached hydrogen (secondary N) is 1. The molecule has 74 valence electrons. The number of rotatable bonds is 0. The van der Waals surface area contributed by atoms with E-state index < -0.39 is 0 Å². The normalized spacial score (nSPS) is 11.3. The lowest BCUT2D eigenvalue weighted by Gasteiger charge is -1.99. The Kier molecular flexibility index (Phi) is 1.60. The van der Waals surface area contributed by atoms with Gasteiger partial charge in [0.05, 0.1) is 0 Å². The molecule has 0 aliphatic rings. The van der Waals surface area contributed by atoms with Crippen molar-refractivity contribution in [3.63, 3.8) is 0 Å². The fourth-order valence-corrected chi connectivity index (χ4v) is 2.08. The lowest BCUT2D eigenvalue weighted by atomic mass is 10.1. The molecule has 0 spiro atoms. The summed E-state index contributed by atoms with van der Waals surface area (Å²) in [6, 6.07) is 8.57. The van der Waals surface area contributed by atoms with Crippen LogP contribution in [0.2, 0.25) is 0 Å². The van der Waals surface area contributed by atoms with E-state index in [4.69, 9.17) is 0 Å². The molecule has 0 aliphatic heterocycles. The third-order valence-corrected chi connectivity index (χ3v) is 2.78. The first-order chi connectivity index (χ1) is 7.24. The zero-order valence-electron chi connectivity index (χ0n) is 8.83. The molecule has 0 saturated heterocycles. The summed E-state index contributed by atoms with van der Waals surface area (Å²) in [4.78, 5) is 7.69. The van der Waals surface area contributed by atoms with Gasteiger partial charge < -0.3 is 4.98 Å². The average molecular weight is 196 g/mol. The molecule has 0 amide bonds. The minimum Gasteiger partial charge on any atom is -0.359 e. The van der Waals surface area contributed by atoms with E-state index in [0.29, 0.717) is 0 Å². The highest BCUT2D eigenvalue weighted by atomic mass is 14.7. The van der Waals surface area contributed by atoms with Gasteiger partial charge in [0.1, 0.15) is 0 Å². The molecule has 1 N–H and O–H groups in total. The van der Waals surface area contributed by atoms with Crippen molar-refractivity contribution in [2.45, 2.75) is 13.8 Å². The second kappa shape index (κ2) is 2.83. The van der Waals surface area contributed by atoms with Crippen molar-refractivity contribution in [2.75, 3.05) is 0 Å². The van der Waals surface area contributed by atoms with Gasteiger partial charge in [0, 0.05) is 33.9 Å². The molecule has 15 heavy (non-hydrogen) atoms. The fourth-order valence-electron chi connectivity index (χ4n) is 2.08. The van der Waals surface area contributed by atoms with E-state index in [9.17, 15) is 0 Å². The number of hydrogen-bond donors (Lipinski definition) is 1. The van der Waals surface area contributed by atoms with E-state index in [1.54, 1.807) is 0 Å². The van der Waals surface area contributed by atoms with Crippen LogP contribution in [0.3, 0.4) is 0 Å². The Labute approximate surface area is 88.0 Å². The smallest absolute Gasteiger partial charge is 0.0463 e. The summed E-state index contributed by atoms with van der Waals surface area (Å²) < 4.78 is 0. The van der Waals surface area contributed by atoms with Crippen LogP contribution < -0.4 is 0 Å². The van der Waals surface area contributed by atoms with Crippen molar-refractivity contribution in [2.24, 2.45) is 0 Å². The molecule has 0 atom stereocenters. The van der Waals surface area contributed by atoms with Crippen LogP contribution in [0, 0.1) is 13.8 Å². The minimum atomic E-state index is 1.06. The van der Waals surface area contributed by atoms with Crippen molar-refractivity contribution < 1.29 is 0 Å². The molecule has 2 heterocycles. The first-order valence-electron chi connectivity index (χ1n) is 5.09. The van der Waals surface area contributed by atoms with Crippen molar-refractivity contribution >= 4 is 21.7 Å². The second-order valence-electron chi connectivity index (χ2n) is 4.03. The van der Waals surface area contributed by atoms with Gasteiger partial charge in [-0.2, -0.15) is 0 Å². The first kappa shape index (κ1) is 8.48. The van der Waals surface area contributed by atoms with Crippen molar-refractivity contribution in [1.82, 2.24) is 9.97 Å². The lowest BCUT2D eigenvalue weighted by Crippen LogP contribution is -1.81. The first-order valence-corrected chi connectivity index (χ1v) is 5.09. The van der Waals surface area contributed by atoms with Crippen LogP contribution in [0.15, 0.2) is 30.5 Å². The maximum absolute atomic E-state index is 4.35. The molecule has 0 unspecified atom stereocenters. The topological polar surface area (TPSA) is 28.7 Å². The zero-order chi connectivity index (χ0) is 10.4. The summed E-state index contributed by atoms with van der Waals surface area (Å²) in [6.07, 6.45) is 1.96. The standard InChI is InChI=1S/C13H12N2/c1-8-5-10-3-4-13-11(6-9(2)15-13)12(10)7-14-8/h3-7,15H,1-2H3. The Morgan fingerprint density at radius 2 is 1.93 bits per heavy atom. The Hall–Kier alpha value is -1.83. The van der Waals surface area contributed by atoms with Gasteiger partial charge in [0.25, 0.3) is 0 Å². The predicted octanol–water partition coefficient (Wildman–Crippen LogP) is 3.33. The summed E-state index contributed by atoms with van der Waals surface area (Å²) in [6.45, 7) is 4.10. The minimum absolute atomic E-state index is 1.06. The van der Waals surface area contributed by atoms with Crippen molar-refractivity contribution in [1.29, 1.82) is 0 Å². The van der Waals surface area contributed by atoms with Crippen LogP contribution in [-0.4, -0.2) is 9.97 Å². The molecule has 0 bridgehead atoms. The van der Waals surface area contributed by atoms with Gasteiger partial charge in [-0.25, -0.2) is 0 Å². The largest absolute Gasteiger partial charge is 0.359 e. The number of aromatic nitrogens is 2. The summed E-state index contributed by atoms with van der Waals surface area (Å²) in [5.41, 5.74) is 3.44. The Morgan fingerprint density at radius 3 is 2.80 bits per heavy atom. The quantitative estimate of drug-likeness (QED) is 0.587. The lowest BCUT2D eigenvalue weighted by molar-refractivity contribution is 1.23. The fraction of sp³-hybridized carbons (Fsp3) is 0.154. The van der Waals surface area contributed by atoms with Crippen molar-refractivity contribution in [3.05, 3.63) is 41.9 Å². The molecule has 0 fully saturated rings. The number of benzene rings is 1. The summed E-state index contributed by atoms with van der Waals surface area (Å²) in [7, 11) is 0. The Bertz CT molecular complexity index is 650. The highest BCUT2D eigenvalue weighted by molar-refractivity contribution is 6.06. The number of aryl methyl sites for hydroxylation is 2. The van der Waals surface area contributed by atoms with E-state index in [2.05, 4.69) is 41.2 Å². The van der Waals surface area contributed by atoms with E-state index in [-0.39, 0.29) is 0 Å². The Balaban J connectivity index is 2.53. The average Bonchev–Trinajstić information content (AvgIpc) is 2.58. The third kappa shape index (κ3) is 1.22. The number of hydrogen-bond acceptors (Lipinski definition) is 1. The molecule has 0 aliphatic carbocycles. The molecule has 3 aromatic rings. The van der Waals surface area contributed by atoms with Crippen LogP contribution >= 0.6 is 0 Å². The highest BCUT2D eigenvalue weighted by Gasteiger charge is 2.03. The van der Waals surface area contributed by atoms with E-state index in [0.717, 1.165) is 5.69 Å². The SMILES string of the molecule is Cc1cc2ccc3[nH]c(C)cc3c2cn1. The Morgan fingerprint density at radius 1 is 1.07 bits per heavy atom. The number of nitrogens with zero attached hydrogens (tertiary/aromatic N) is 1. The van der Waals surface area contributed by atoms with Gasteiger partial charge in [0.2, 0.25) is 0 Å². The van der Waals surface area contributed by atoms with Crippen LogP contribution in [0.25, 0.3) is 21.7 Å². The van der Waals surface area contributed by atoms with Crippen LogP contribution in [0.4, 0.5) is 0 Å². The molecule has 0 saturated carbocycles. The second-order valence-corrected chi connectivity index (χ2v) is 4.03. The van der Waals surface area contributed by atoms with Crippen molar-refractivity contribution in [3.8, 4) is 0 Å². The van der Waals surface area contributed by atoms with E-state index >= 15 is 0 Å². The molecule has 2 aromatic heterocycles. The summed E-state index contributed by atoms with van der Waals surface area (Å²) in [5.74, 6) is 0. The molecule has 2 heteroatoms. The van der Waals surface area contributed by atoms with E-state index in [1.165, 1.54) is 27.4 Å². The number of aromatic amines is 1. The summed E-state index contributed by atoms with van der Waals surface area (Å²) >= 11 is 0. The van der Waals surface area contributed by atoms with Gasteiger partial charge in [-0.3, -0.25) is 4.98 Å². The van der Waals surface area contributed by atoms with Gasteiger partial charge in [-0.1, -0.05) is 6.07 Å². The predicted molar refractivity (Wildman–Crippen MR) is 63.1 cm³/mol.